The molecule has 48 heavy (non-hydrogen) atoms. The van der Waals surface area contributed by atoms with Gasteiger partial charge in [0.15, 0.2) is 12.1 Å². The van der Waals surface area contributed by atoms with Crippen molar-refractivity contribution < 1.29 is 58.8 Å². The molecule has 3 fully saturated rings. The molecular formula is C35H51NO12. The van der Waals surface area contributed by atoms with E-state index in [1.807, 2.05) is 18.2 Å². The van der Waals surface area contributed by atoms with E-state index in [4.69, 9.17) is 23.7 Å². The van der Waals surface area contributed by atoms with Gasteiger partial charge in [0.25, 0.3) is 0 Å². The van der Waals surface area contributed by atoms with E-state index < -0.39 is 78.8 Å². The van der Waals surface area contributed by atoms with Crippen molar-refractivity contribution in [3.05, 3.63) is 60.8 Å². The predicted molar refractivity (Wildman–Crippen MR) is 173 cm³/mol. The summed E-state index contributed by atoms with van der Waals surface area (Å²) in [4.78, 5) is 26.0. The Balaban J connectivity index is 1.58. The molecule has 4 heterocycles. The minimum absolute atomic E-state index is 0.0230. The first kappa shape index (κ1) is 38.2. The second-order valence-corrected chi connectivity index (χ2v) is 13.3. The largest absolute Gasteiger partial charge is 0.459 e. The molecule has 0 spiro atoms. The van der Waals surface area contributed by atoms with Crippen molar-refractivity contribution in [2.45, 2.75) is 125 Å². The maximum atomic E-state index is 12.2. The van der Waals surface area contributed by atoms with Gasteiger partial charge in [-0.2, -0.15) is 0 Å². The number of carbonyl (C=O) groups is 2. The van der Waals surface area contributed by atoms with Gasteiger partial charge in [0.05, 0.1) is 54.7 Å². The number of hydrogen-bond donors (Lipinski definition) is 5. The van der Waals surface area contributed by atoms with E-state index in [-0.39, 0.29) is 37.9 Å². The van der Waals surface area contributed by atoms with Crippen LogP contribution in [0.3, 0.4) is 0 Å². The molecule has 14 atom stereocenters. The number of likely N-dealkylation sites (N-methyl/N-ethyl adjacent to an activating group) is 1. The van der Waals surface area contributed by atoms with Crippen molar-refractivity contribution in [3.8, 4) is 0 Å². The molecular weight excluding hydrogens is 626 g/mol. The van der Waals surface area contributed by atoms with Gasteiger partial charge in [0, 0.05) is 38.2 Å². The maximum Gasteiger partial charge on any atom is 0.330 e. The van der Waals surface area contributed by atoms with Gasteiger partial charge in [-0.1, -0.05) is 48.6 Å². The number of nitrogens with zero attached hydrogens (tertiary/aromatic N) is 1. The van der Waals surface area contributed by atoms with Gasteiger partial charge in [0.1, 0.15) is 24.6 Å². The highest BCUT2D eigenvalue weighted by Gasteiger charge is 2.49. The molecule has 2 bridgehead atoms. The van der Waals surface area contributed by atoms with Crippen molar-refractivity contribution in [3.63, 3.8) is 0 Å². The van der Waals surface area contributed by atoms with E-state index in [0.717, 1.165) is 0 Å². The SMILES string of the molecule is C[C@@H]1C/C=C/C=C/C=C/C=C/[C@H](OC2O[C@H](C)[C@@H](O)[C@H](N(C)C)[C@@H]2O)CC2O[C@](O)(C[C@@H](O)C[C@H]3O[C@@H]3/C=C/C(=O)O1)C[C@H](O)[C@H]2C=O. The standard InChI is InChI=1S/C35H51NO12/c1-21-12-10-8-6-5-7-9-11-13-24(46-34-33(42)31(36(3)4)32(41)22(2)45-34)17-28-25(20-37)26(39)19-35(43,48-28)18-23(38)16-29-27(47-29)14-15-30(40)44-21/h5-11,13-15,20-29,31-34,38-39,41-43H,12,16-19H2,1-4H3/b6-5+,9-7+,10-8+,13-11+,15-14+/t21-,22-,23+,24+,25-,26+,27-,28?,29-,31+,32-,33+,34?,35-/m1/s1. The Labute approximate surface area is 281 Å². The van der Waals surface area contributed by atoms with E-state index in [1.54, 1.807) is 69.3 Å². The maximum absolute atomic E-state index is 12.2. The lowest BCUT2D eigenvalue weighted by atomic mass is 9.83. The van der Waals surface area contributed by atoms with E-state index in [2.05, 4.69) is 0 Å². The summed E-state index contributed by atoms with van der Waals surface area (Å²) in [6, 6.07) is -0.682. The average Bonchev–Trinajstić information content (AvgIpc) is 3.74. The number of rotatable bonds is 4. The Morgan fingerprint density at radius 1 is 0.917 bits per heavy atom. The molecule has 3 saturated heterocycles. The van der Waals surface area contributed by atoms with Gasteiger partial charge in [-0.25, -0.2) is 4.79 Å². The number of hydrogen-bond acceptors (Lipinski definition) is 13. The number of fused-ring (bicyclic) bond motifs is 3. The summed E-state index contributed by atoms with van der Waals surface area (Å²) in [5.74, 6) is -3.49. The summed E-state index contributed by atoms with van der Waals surface area (Å²) in [6.45, 7) is 3.47. The molecule has 4 aliphatic rings. The number of carbonyl (C=O) groups excluding carboxylic acids is 2. The molecule has 5 N–H and O–H groups in total. The number of ether oxygens (including phenoxy) is 5. The number of aliphatic hydroxyl groups is 5. The minimum Gasteiger partial charge on any atom is -0.459 e. The molecule has 0 aromatic rings. The third-order valence-corrected chi connectivity index (χ3v) is 9.01. The topological polar surface area (TPSA) is 188 Å². The molecule has 0 aromatic carbocycles. The molecule has 0 amide bonds. The van der Waals surface area contributed by atoms with Gasteiger partial charge < -0.3 is 58.9 Å². The van der Waals surface area contributed by atoms with Crippen LogP contribution in [0.15, 0.2) is 60.8 Å². The summed E-state index contributed by atoms with van der Waals surface area (Å²) in [5, 5.41) is 55.0. The predicted octanol–water partition coefficient (Wildman–Crippen LogP) is 0.837. The molecule has 0 radical (unpaired) electrons. The average molecular weight is 678 g/mol. The van der Waals surface area contributed by atoms with Gasteiger partial charge in [0.2, 0.25) is 0 Å². The van der Waals surface area contributed by atoms with E-state index in [1.165, 1.54) is 6.08 Å². The lowest BCUT2D eigenvalue weighted by Gasteiger charge is -2.46. The van der Waals surface area contributed by atoms with Crippen molar-refractivity contribution in [2.24, 2.45) is 5.92 Å². The molecule has 13 nitrogen and oxygen atoms in total. The molecule has 13 heteroatoms. The number of esters is 1. The zero-order valence-electron chi connectivity index (χ0n) is 27.9. The Bertz CT molecular complexity index is 1220. The second kappa shape index (κ2) is 17.4. The summed E-state index contributed by atoms with van der Waals surface area (Å²) in [5.41, 5.74) is 0. The fourth-order valence-corrected chi connectivity index (χ4v) is 6.44. The number of aliphatic hydroxyl groups excluding tert-OH is 4. The first-order valence-corrected chi connectivity index (χ1v) is 16.6. The molecule has 0 aliphatic carbocycles. The third-order valence-electron chi connectivity index (χ3n) is 9.01. The third kappa shape index (κ3) is 10.7. The van der Waals surface area contributed by atoms with Crippen LogP contribution in [0.5, 0.6) is 0 Å². The highest BCUT2D eigenvalue weighted by molar-refractivity contribution is 5.82. The van der Waals surface area contributed by atoms with Crippen LogP contribution < -0.4 is 0 Å². The Kier molecular flexibility index (Phi) is 13.9. The van der Waals surface area contributed by atoms with Crippen molar-refractivity contribution >= 4 is 12.3 Å². The van der Waals surface area contributed by atoms with Crippen LogP contribution >= 0.6 is 0 Å². The Morgan fingerprint density at radius 3 is 2.33 bits per heavy atom. The molecule has 268 valence electrons. The zero-order chi connectivity index (χ0) is 35.0. The molecule has 4 rings (SSSR count). The summed E-state index contributed by atoms with van der Waals surface area (Å²) in [6.07, 6.45) is 8.36. The first-order chi connectivity index (χ1) is 22.8. The summed E-state index contributed by atoms with van der Waals surface area (Å²) in [7, 11) is 3.46. The monoisotopic (exact) mass is 677 g/mol. The van der Waals surface area contributed by atoms with Crippen molar-refractivity contribution in [1.29, 1.82) is 0 Å². The number of cyclic esters (lactones) is 1. The lowest BCUT2D eigenvalue weighted by molar-refractivity contribution is -0.309. The van der Waals surface area contributed by atoms with Crippen LogP contribution in [0.2, 0.25) is 0 Å². The number of aldehydes is 1. The summed E-state index contributed by atoms with van der Waals surface area (Å²) < 4.78 is 29.1. The first-order valence-electron chi connectivity index (χ1n) is 16.6. The normalized spacial score (nSPS) is 46.6. The highest BCUT2D eigenvalue weighted by atomic mass is 16.7. The van der Waals surface area contributed by atoms with E-state index in [9.17, 15) is 35.1 Å². The van der Waals surface area contributed by atoms with Crippen LogP contribution in [-0.2, 0) is 33.3 Å². The second-order valence-electron chi connectivity index (χ2n) is 13.3. The van der Waals surface area contributed by atoms with E-state index >= 15 is 0 Å². The minimum atomic E-state index is -1.97. The molecule has 0 aromatic heterocycles. The number of epoxide rings is 1. The fraction of sp³-hybridized carbons (Fsp3) is 0.657. The summed E-state index contributed by atoms with van der Waals surface area (Å²) >= 11 is 0. The Morgan fingerprint density at radius 2 is 1.62 bits per heavy atom. The quantitative estimate of drug-likeness (QED) is 0.160. The Hall–Kier alpha value is -2.56. The van der Waals surface area contributed by atoms with Gasteiger partial charge >= 0.3 is 5.97 Å². The highest BCUT2D eigenvalue weighted by Crippen LogP contribution is 2.38. The van der Waals surface area contributed by atoms with Crippen molar-refractivity contribution in [2.75, 3.05) is 14.1 Å². The van der Waals surface area contributed by atoms with Crippen molar-refractivity contribution in [1.82, 2.24) is 4.90 Å². The smallest absolute Gasteiger partial charge is 0.330 e. The van der Waals surface area contributed by atoms with Crippen LogP contribution in [-0.4, -0.2) is 136 Å². The van der Waals surface area contributed by atoms with Crippen LogP contribution in [0.1, 0.15) is 46.0 Å². The van der Waals surface area contributed by atoms with Gasteiger partial charge in [-0.3, -0.25) is 0 Å². The molecule has 2 unspecified atom stereocenters. The lowest BCUT2D eigenvalue weighted by Crippen LogP contribution is -2.62. The van der Waals surface area contributed by atoms with Gasteiger partial charge in [-0.05, 0) is 34.0 Å². The fourth-order valence-electron chi connectivity index (χ4n) is 6.44. The van der Waals surface area contributed by atoms with E-state index in [0.29, 0.717) is 12.7 Å². The van der Waals surface area contributed by atoms with Gasteiger partial charge in [-0.15, -0.1) is 0 Å². The zero-order valence-corrected chi connectivity index (χ0v) is 27.9. The molecule has 0 saturated carbocycles. The van der Waals surface area contributed by atoms with Crippen LogP contribution in [0.4, 0.5) is 0 Å². The molecule has 4 aliphatic heterocycles. The van der Waals surface area contributed by atoms with Crippen LogP contribution in [0.25, 0.3) is 0 Å². The number of allylic oxidation sites excluding steroid dienone is 6. The van der Waals surface area contributed by atoms with Crippen LogP contribution in [0, 0.1) is 5.92 Å².